The SMILES string of the molecule is CCCS(=O)(=O)CC(=O)N1C2CCC1CC(C(N)Cc1cc(F)c(F)cc1F)C2. The molecule has 1 amide bonds. The first-order valence-electron chi connectivity index (χ1n) is 10.0. The summed E-state index contributed by atoms with van der Waals surface area (Å²) < 4.78 is 64.5. The van der Waals surface area contributed by atoms with Crippen LogP contribution in [-0.4, -0.2) is 48.9 Å². The Morgan fingerprint density at radius 1 is 1.14 bits per heavy atom. The number of benzene rings is 1. The third-order valence-corrected chi connectivity index (χ3v) is 7.78. The number of piperidine rings is 1. The summed E-state index contributed by atoms with van der Waals surface area (Å²) >= 11 is 0. The lowest BCUT2D eigenvalue weighted by molar-refractivity contribution is -0.133. The Morgan fingerprint density at radius 2 is 1.72 bits per heavy atom. The average molecular weight is 433 g/mol. The highest BCUT2D eigenvalue weighted by Gasteiger charge is 2.45. The van der Waals surface area contributed by atoms with Gasteiger partial charge in [-0.2, -0.15) is 0 Å². The monoisotopic (exact) mass is 432 g/mol. The zero-order valence-corrected chi connectivity index (χ0v) is 17.2. The lowest BCUT2D eigenvalue weighted by Gasteiger charge is -2.41. The number of fused-ring (bicyclic) bond motifs is 2. The number of sulfone groups is 1. The van der Waals surface area contributed by atoms with Gasteiger partial charge < -0.3 is 10.6 Å². The van der Waals surface area contributed by atoms with E-state index in [2.05, 4.69) is 0 Å². The van der Waals surface area contributed by atoms with Crippen LogP contribution in [0.5, 0.6) is 0 Å². The van der Waals surface area contributed by atoms with Gasteiger partial charge in [-0.15, -0.1) is 0 Å². The van der Waals surface area contributed by atoms with E-state index in [1.165, 1.54) is 0 Å². The van der Waals surface area contributed by atoms with Crippen molar-refractivity contribution in [1.82, 2.24) is 4.90 Å². The molecule has 2 bridgehead atoms. The molecule has 1 aromatic carbocycles. The minimum Gasteiger partial charge on any atom is -0.336 e. The standard InChI is InChI=1S/C20H27F3N2O3S/c1-2-5-29(27,28)11-20(26)25-14-3-4-15(25)7-13(6-14)19(24)9-12-8-17(22)18(23)10-16(12)21/h8,10,13-15,19H,2-7,9,11,24H2,1H3. The first-order chi connectivity index (χ1) is 13.6. The fourth-order valence-corrected chi connectivity index (χ4v) is 6.05. The van der Waals surface area contributed by atoms with Crippen LogP contribution in [0.4, 0.5) is 13.2 Å². The Bertz CT molecular complexity index is 864. The van der Waals surface area contributed by atoms with Crippen molar-refractivity contribution >= 4 is 15.7 Å². The van der Waals surface area contributed by atoms with Crippen LogP contribution in [0.2, 0.25) is 0 Å². The van der Waals surface area contributed by atoms with Crippen molar-refractivity contribution in [2.24, 2.45) is 11.7 Å². The summed E-state index contributed by atoms with van der Waals surface area (Å²) in [4.78, 5) is 14.3. The smallest absolute Gasteiger partial charge is 0.238 e. The highest BCUT2D eigenvalue weighted by molar-refractivity contribution is 7.92. The summed E-state index contributed by atoms with van der Waals surface area (Å²) in [6.07, 6.45) is 3.32. The second-order valence-electron chi connectivity index (χ2n) is 8.24. The van der Waals surface area contributed by atoms with Gasteiger partial charge in [-0.1, -0.05) is 6.92 Å². The van der Waals surface area contributed by atoms with E-state index in [-0.39, 0.29) is 41.6 Å². The Morgan fingerprint density at radius 3 is 2.31 bits per heavy atom. The molecule has 162 valence electrons. The van der Waals surface area contributed by atoms with Crippen molar-refractivity contribution < 1.29 is 26.4 Å². The van der Waals surface area contributed by atoms with Crippen molar-refractivity contribution in [1.29, 1.82) is 0 Å². The molecular weight excluding hydrogens is 405 g/mol. The van der Waals surface area contributed by atoms with E-state index in [4.69, 9.17) is 5.73 Å². The Kier molecular flexibility index (Phi) is 6.57. The predicted octanol–water partition coefficient (Wildman–Crippen LogP) is 2.57. The Hall–Kier alpha value is -1.61. The van der Waals surface area contributed by atoms with Gasteiger partial charge in [-0.3, -0.25) is 4.79 Å². The van der Waals surface area contributed by atoms with E-state index in [1.807, 2.05) is 0 Å². The van der Waals surface area contributed by atoms with E-state index in [9.17, 15) is 26.4 Å². The topological polar surface area (TPSA) is 80.5 Å². The van der Waals surface area contributed by atoms with E-state index >= 15 is 0 Å². The fraction of sp³-hybridized carbons (Fsp3) is 0.650. The molecule has 0 aromatic heterocycles. The van der Waals surface area contributed by atoms with E-state index in [0.717, 1.165) is 18.9 Å². The van der Waals surface area contributed by atoms with E-state index in [0.29, 0.717) is 25.3 Å². The van der Waals surface area contributed by atoms with Crippen molar-refractivity contribution in [3.63, 3.8) is 0 Å². The number of nitrogens with two attached hydrogens (primary N) is 1. The van der Waals surface area contributed by atoms with Gasteiger partial charge in [0.05, 0.1) is 5.75 Å². The number of halogens is 3. The van der Waals surface area contributed by atoms with Crippen LogP contribution < -0.4 is 5.73 Å². The number of amides is 1. The second-order valence-corrected chi connectivity index (χ2v) is 10.4. The number of carbonyl (C=O) groups is 1. The van der Waals surface area contributed by atoms with Gasteiger partial charge in [0.2, 0.25) is 5.91 Å². The van der Waals surface area contributed by atoms with Crippen molar-refractivity contribution in [3.05, 3.63) is 35.1 Å². The summed E-state index contributed by atoms with van der Waals surface area (Å²) in [6, 6.07) is 0.751. The molecule has 29 heavy (non-hydrogen) atoms. The fourth-order valence-electron chi connectivity index (χ4n) is 4.76. The van der Waals surface area contributed by atoms with Crippen molar-refractivity contribution in [2.75, 3.05) is 11.5 Å². The molecule has 2 aliphatic heterocycles. The molecule has 3 atom stereocenters. The Labute approximate surface area is 169 Å². The number of hydrogen-bond acceptors (Lipinski definition) is 4. The van der Waals surface area contributed by atoms with Crippen LogP contribution in [0.15, 0.2) is 12.1 Å². The molecule has 2 N–H and O–H groups in total. The zero-order chi connectivity index (χ0) is 21.3. The highest BCUT2D eigenvalue weighted by atomic mass is 32.2. The molecule has 0 radical (unpaired) electrons. The maximum atomic E-state index is 13.9. The summed E-state index contributed by atoms with van der Waals surface area (Å²) in [5, 5.41) is 0. The highest BCUT2D eigenvalue weighted by Crippen LogP contribution is 2.40. The largest absolute Gasteiger partial charge is 0.336 e. The minimum absolute atomic E-state index is 0.00341. The van der Waals surface area contributed by atoms with Crippen LogP contribution in [0.1, 0.15) is 44.6 Å². The summed E-state index contributed by atoms with van der Waals surface area (Å²) in [6.45, 7) is 1.76. The number of nitrogens with zero attached hydrogens (tertiary/aromatic N) is 1. The van der Waals surface area contributed by atoms with Gasteiger partial charge in [0.1, 0.15) is 11.6 Å². The summed E-state index contributed by atoms with van der Waals surface area (Å²) in [5.74, 6) is -4.00. The molecular formula is C20H27F3N2O3S. The normalized spacial score (nSPS) is 25.3. The van der Waals surface area contributed by atoms with Crippen LogP contribution in [0, 0.1) is 23.4 Å². The molecule has 5 nitrogen and oxygen atoms in total. The molecule has 2 aliphatic rings. The molecule has 0 spiro atoms. The maximum Gasteiger partial charge on any atom is 0.238 e. The van der Waals surface area contributed by atoms with Crippen LogP contribution in [-0.2, 0) is 21.1 Å². The third kappa shape index (κ3) is 4.94. The molecule has 2 fully saturated rings. The molecule has 2 saturated heterocycles. The zero-order valence-electron chi connectivity index (χ0n) is 16.4. The van der Waals surface area contributed by atoms with Crippen molar-refractivity contribution in [3.8, 4) is 0 Å². The second kappa shape index (κ2) is 8.63. The quantitative estimate of drug-likeness (QED) is 0.672. The van der Waals surface area contributed by atoms with Gasteiger partial charge in [-0.25, -0.2) is 21.6 Å². The van der Waals surface area contributed by atoms with Crippen molar-refractivity contribution in [2.45, 2.75) is 63.6 Å². The average Bonchev–Trinajstić information content (AvgIpc) is 2.89. The third-order valence-electron chi connectivity index (χ3n) is 6.07. The van der Waals surface area contributed by atoms with E-state index < -0.39 is 39.1 Å². The molecule has 2 heterocycles. The summed E-state index contributed by atoms with van der Waals surface area (Å²) in [7, 11) is -3.41. The van der Waals surface area contributed by atoms with Crippen LogP contribution >= 0.6 is 0 Å². The number of carbonyl (C=O) groups excluding carboxylic acids is 1. The lowest BCUT2D eigenvalue weighted by atomic mass is 9.82. The number of hydrogen-bond donors (Lipinski definition) is 1. The maximum absolute atomic E-state index is 13.9. The first-order valence-corrected chi connectivity index (χ1v) is 11.8. The minimum atomic E-state index is -3.41. The van der Waals surface area contributed by atoms with Crippen LogP contribution in [0.25, 0.3) is 0 Å². The van der Waals surface area contributed by atoms with Gasteiger partial charge in [0.25, 0.3) is 0 Å². The van der Waals surface area contributed by atoms with Crippen LogP contribution in [0.3, 0.4) is 0 Å². The molecule has 1 aromatic rings. The van der Waals surface area contributed by atoms with Gasteiger partial charge >= 0.3 is 0 Å². The van der Waals surface area contributed by atoms with Gasteiger partial charge in [-0.05, 0) is 56.1 Å². The number of rotatable bonds is 7. The molecule has 0 aliphatic carbocycles. The predicted molar refractivity (Wildman–Crippen MR) is 103 cm³/mol. The molecule has 9 heteroatoms. The summed E-state index contributed by atoms with van der Waals surface area (Å²) in [5.41, 5.74) is 6.31. The first kappa shape index (κ1) is 22.1. The van der Waals surface area contributed by atoms with E-state index in [1.54, 1.807) is 11.8 Å². The Balaban J connectivity index is 1.65. The molecule has 3 unspecified atom stereocenters. The molecule has 0 saturated carbocycles. The van der Waals surface area contributed by atoms with Gasteiger partial charge in [0.15, 0.2) is 21.5 Å². The molecule has 3 rings (SSSR count). The van der Waals surface area contributed by atoms with Gasteiger partial charge in [0, 0.05) is 24.2 Å². The lowest BCUT2D eigenvalue weighted by Crippen LogP contribution is -2.51.